The molecule has 0 unspecified atom stereocenters. The van der Waals surface area contributed by atoms with Gasteiger partial charge >= 0.3 is 11.9 Å². The van der Waals surface area contributed by atoms with E-state index in [2.05, 4.69) is 15.9 Å². The van der Waals surface area contributed by atoms with E-state index in [-0.39, 0.29) is 51.4 Å². The molecule has 11 nitrogen and oxygen atoms in total. The molecular weight excluding hydrogens is 552 g/mol. The molecule has 2 aromatic rings. The number of rotatable bonds is 9. The van der Waals surface area contributed by atoms with Crippen LogP contribution in [0.5, 0.6) is 17.2 Å². The van der Waals surface area contributed by atoms with Crippen molar-refractivity contribution in [1.82, 2.24) is 4.90 Å². The van der Waals surface area contributed by atoms with Crippen LogP contribution in [-0.4, -0.2) is 68.0 Å². The summed E-state index contributed by atoms with van der Waals surface area (Å²) < 4.78 is 22.4. The van der Waals surface area contributed by atoms with Crippen LogP contribution in [0.1, 0.15) is 52.5 Å². The molecule has 1 aliphatic heterocycles. The lowest BCUT2D eigenvalue weighted by atomic mass is 9.87. The van der Waals surface area contributed by atoms with Crippen LogP contribution in [0.25, 0.3) is 0 Å². The molecule has 2 atom stereocenters. The number of carbonyl (C=O) groups excluding carboxylic acids is 3. The Morgan fingerprint density at radius 1 is 1.14 bits per heavy atom. The third-order valence-corrected chi connectivity index (χ3v) is 6.92. The number of ether oxygens (including phenoxy) is 4. The number of hydrogen-bond donors (Lipinski definition) is 0. The minimum Gasteiger partial charge on any atom is -0.496 e. The number of carbonyl (C=O) groups is 3. The largest absolute Gasteiger partial charge is 0.496 e. The van der Waals surface area contributed by atoms with Crippen molar-refractivity contribution in [3.63, 3.8) is 0 Å². The Labute approximate surface area is 221 Å². The van der Waals surface area contributed by atoms with Crippen molar-refractivity contribution < 1.29 is 38.3 Å². The summed E-state index contributed by atoms with van der Waals surface area (Å²) in [7, 11) is 4.71. The van der Waals surface area contributed by atoms with E-state index in [0.717, 1.165) is 0 Å². The summed E-state index contributed by atoms with van der Waals surface area (Å²) in [5.74, 6) is -1.56. The first-order valence-corrected chi connectivity index (χ1v) is 12.1. The van der Waals surface area contributed by atoms with Crippen LogP contribution in [0, 0.1) is 10.1 Å². The maximum absolute atomic E-state index is 13.3. The SMILES string of the molecule is COc1cc(OC)c([C@@H]2CCN(C)[C@H]2COC(C)=O)c(OC(=O)c2ccc([N+](=O)[O-])cc2Br)c1C(C)=O. The second-order valence-corrected chi connectivity index (χ2v) is 9.37. The molecule has 198 valence electrons. The molecular formula is C25H27BrN2O9. The van der Waals surface area contributed by atoms with E-state index in [4.69, 9.17) is 18.9 Å². The van der Waals surface area contributed by atoms with Crippen molar-refractivity contribution in [3.8, 4) is 17.2 Å². The van der Waals surface area contributed by atoms with Crippen LogP contribution in [0.3, 0.4) is 0 Å². The molecule has 3 rings (SSSR count). The number of halogens is 1. The maximum Gasteiger partial charge on any atom is 0.344 e. The number of likely N-dealkylation sites (tertiary alicyclic amines) is 1. The molecule has 37 heavy (non-hydrogen) atoms. The van der Waals surface area contributed by atoms with E-state index in [1.165, 1.54) is 46.3 Å². The van der Waals surface area contributed by atoms with Gasteiger partial charge in [-0.1, -0.05) is 0 Å². The molecule has 1 aliphatic rings. The molecule has 0 N–H and O–H groups in total. The molecule has 1 heterocycles. The number of benzene rings is 2. The zero-order chi connectivity index (χ0) is 27.4. The standard InChI is InChI=1S/C25H27BrN2O9/c1-13(29)22-20(34-4)11-21(35-5)23(17-8-9-27(3)19(17)12-36-14(2)30)24(22)37-25(31)16-7-6-15(28(32)33)10-18(16)26/h6-7,10-11,17,19H,8-9,12H2,1-5H3/t17-,19+/m1/s1. The van der Waals surface area contributed by atoms with Crippen LogP contribution in [0.2, 0.25) is 0 Å². The zero-order valence-corrected chi connectivity index (χ0v) is 22.6. The number of ketones is 1. The first-order valence-electron chi connectivity index (χ1n) is 11.3. The van der Waals surface area contributed by atoms with Gasteiger partial charge in [0.15, 0.2) is 11.5 Å². The van der Waals surface area contributed by atoms with E-state index >= 15 is 0 Å². The average molecular weight is 579 g/mol. The summed E-state index contributed by atoms with van der Waals surface area (Å²) in [5, 5.41) is 11.1. The van der Waals surface area contributed by atoms with E-state index in [1.807, 2.05) is 11.9 Å². The molecule has 0 spiro atoms. The van der Waals surface area contributed by atoms with Gasteiger partial charge in [0, 0.05) is 41.1 Å². The smallest absolute Gasteiger partial charge is 0.344 e. The van der Waals surface area contributed by atoms with Crippen LogP contribution in [0.4, 0.5) is 5.69 Å². The minimum atomic E-state index is -0.844. The van der Waals surface area contributed by atoms with Crippen molar-refractivity contribution in [3.05, 3.63) is 55.5 Å². The molecule has 12 heteroatoms. The summed E-state index contributed by atoms with van der Waals surface area (Å²) in [6.07, 6.45) is 0.605. The molecule has 0 saturated carbocycles. The highest BCUT2D eigenvalue weighted by Crippen LogP contribution is 2.48. The summed E-state index contributed by atoms with van der Waals surface area (Å²) in [4.78, 5) is 50.2. The fourth-order valence-electron chi connectivity index (χ4n) is 4.47. The fourth-order valence-corrected chi connectivity index (χ4v) is 5.00. The van der Waals surface area contributed by atoms with E-state index < -0.39 is 22.6 Å². The third kappa shape index (κ3) is 5.91. The van der Waals surface area contributed by atoms with Gasteiger partial charge in [-0.05, 0) is 48.9 Å². The third-order valence-electron chi connectivity index (χ3n) is 6.27. The lowest BCUT2D eigenvalue weighted by Crippen LogP contribution is -2.34. The number of nitro benzene ring substituents is 1. The van der Waals surface area contributed by atoms with Crippen LogP contribution in [-0.2, 0) is 9.53 Å². The van der Waals surface area contributed by atoms with Crippen molar-refractivity contribution in [2.45, 2.75) is 32.2 Å². The average Bonchev–Trinajstić information content (AvgIpc) is 3.20. The Kier molecular flexibility index (Phi) is 8.87. The Morgan fingerprint density at radius 2 is 1.81 bits per heavy atom. The first-order chi connectivity index (χ1) is 17.5. The topological polar surface area (TPSA) is 135 Å². The monoisotopic (exact) mass is 578 g/mol. The van der Waals surface area contributed by atoms with Crippen molar-refractivity contribution >= 4 is 39.3 Å². The number of likely N-dealkylation sites (N-methyl/N-ethyl adjacent to an activating group) is 1. The van der Waals surface area contributed by atoms with Crippen LogP contribution in [0.15, 0.2) is 28.7 Å². The molecule has 0 bridgehead atoms. The lowest BCUT2D eigenvalue weighted by molar-refractivity contribution is -0.384. The number of non-ortho nitro benzene ring substituents is 1. The quantitative estimate of drug-likeness (QED) is 0.140. The number of nitro groups is 1. The highest BCUT2D eigenvalue weighted by Gasteiger charge is 2.40. The molecule has 0 aromatic heterocycles. The van der Waals surface area contributed by atoms with Gasteiger partial charge in [-0.25, -0.2) is 4.79 Å². The predicted molar refractivity (Wildman–Crippen MR) is 136 cm³/mol. The number of nitrogens with zero attached hydrogens (tertiary/aromatic N) is 2. The number of hydrogen-bond acceptors (Lipinski definition) is 10. The Balaban J connectivity index is 2.19. The first kappa shape index (κ1) is 28.1. The second-order valence-electron chi connectivity index (χ2n) is 8.51. The van der Waals surface area contributed by atoms with Crippen molar-refractivity contribution in [2.75, 3.05) is 34.4 Å². The highest BCUT2D eigenvalue weighted by molar-refractivity contribution is 9.10. The van der Waals surface area contributed by atoms with Crippen molar-refractivity contribution in [2.24, 2.45) is 0 Å². The van der Waals surface area contributed by atoms with E-state index in [9.17, 15) is 24.5 Å². The van der Waals surface area contributed by atoms with Gasteiger partial charge in [-0.2, -0.15) is 0 Å². The molecule has 1 fully saturated rings. The maximum atomic E-state index is 13.3. The Bertz CT molecular complexity index is 1250. The van der Waals surface area contributed by atoms with Gasteiger partial charge in [0.05, 0.1) is 30.7 Å². The highest BCUT2D eigenvalue weighted by atomic mass is 79.9. The second kappa shape index (κ2) is 11.7. The van der Waals surface area contributed by atoms with E-state index in [1.54, 1.807) is 6.07 Å². The molecule has 0 radical (unpaired) electrons. The minimum absolute atomic E-state index is 0.0211. The van der Waals surface area contributed by atoms with Crippen molar-refractivity contribution in [1.29, 1.82) is 0 Å². The predicted octanol–water partition coefficient (Wildman–Crippen LogP) is 4.15. The number of methoxy groups -OCH3 is 2. The number of Topliss-reactive ketones (excluding diaryl/α,β-unsaturated/α-hetero) is 1. The Hall–Kier alpha value is -3.51. The fraction of sp³-hybridized carbons (Fsp3) is 0.400. The molecule has 2 aromatic carbocycles. The van der Waals surface area contributed by atoms with Gasteiger partial charge in [0.2, 0.25) is 0 Å². The van der Waals surface area contributed by atoms with Gasteiger partial charge in [-0.15, -0.1) is 0 Å². The summed E-state index contributed by atoms with van der Waals surface area (Å²) >= 11 is 3.19. The van der Waals surface area contributed by atoms with Gasteiger partial charge in [0.25, 0.3) is 5.69 Å². The summed E-state index contributed by atoms with van der Waals surface area (Å²) in [5.41, 5.74) is 0.318. The van der Waals surface area contributed by atoms with Crippen LogP contribution < -0.4 is 14.2 Å². The lowest BCUT2D eigenvalue weighted by Gasteiger charge is -2.28. The normalized spacial score (nSPS) is 17.2. The van der Waals surface area contributed by atoms with Crippen LogP contribution >= 0.6 is 15.9 Å². The Morgan fingerprint density at radius 3 is 2.35 bits per heavy atom. The van der Waals surface area contributed by atoms with Gasteiger partial charge in [0.1, 0.15) is 23.7 Å². The van der Waals surface area contributed by atoms with E-state index in [0.29, 0.717) is 24.3 Å². The molecule has 1 saturated heterocycles. The molecule has 0 aliphatic carbocycles. The van der Waals surface area contributed by atoms with Gasteiger partial charge in [-0.3, -0.25) is 24.6 Å². The zero-order valence-electron chi connectivity index (χ0n) is 21.0. The molecule has 0 amide bonds. The summed E-state index contributed by atoms with van der Waals surface area (Å²) in [6, 6.07) is 4.92. The van der Waals surface area contributed by atoms with Gasteiger partial charge < -0.3 is 18.9 Å². The summed E-state index contributed by atoms with van der Waals surface area (Å²) in [6.45, 7) is 3.39. The number of esters is 2.